The molecule has 4 aliphatic carbocycles. The van der Waals surface area contributed by atoms with E-state index >= 15 is 0 Å². The van der Waals surface area contributed by atoms with Crippen LogP contribution in [0, 0.1) is 34.8 Å². The Kier molecular flexibility index (Phi) is 4.10. The van der Waals surface area contributed by atoms with Gasteiger partial charge in [-0.3, -0.25) is 4.79 Å². The van der Waals surface area contributed by atoms with Gasteiger partial charge in [0.15, 0.2) is 11.6 Å². The van der Waals surface area contributed by atoms with Crippen LogP contribution in [0.25, 0.3) is 0 Å². The number of carbonyl (C=O) groups is 1. The molecule has 2 atom stereocenters. The Bertz CT molecular complexity index is 655. The first-order chi connectivity index (χ1) is 11.9. The third-order valence-corrected chi connectivity index (χ3v) is 6.64. The summed E-state index contributed by atoms with van der Waals surface area (Å²) in [6.45, 7) is 1.71. The number of halogens is 2. The van der Waals surface area contributed by atoms with Crippen molar-refractivity contribution in [3.05, 3.63) is 35.4 Å². The topological polar surface area (TPSA) is 49.3 Å². The van der Waals surface area contributed by atoms with E-state index in [1.54, 1.807) is 6.92 Å². The van der Waals surface area contributed by atoms with E-state index in [0.29, 0.717) is 17.8 Å². The lowest BCUT2D eigenvalue weighted by atomic mass is 9.49. The van der Waals surface area contributed by atoms with Gasteiger partial charge in [-0.25, -0.2) is 8.78 Å². The number of hydrogen-bond acceptors (Lipinski definition) is 2. The Morgan fingerprint density at radius 1 is 1.12 bits per heavy atom. The molecule has 1 amide bonds. The van der Waals surface area contributed by atoms with Crippen molar-refractivity contribution >= 4 is 5.91 Å². The van der Waals surface area contributed by atoms with Crippen molar-refractivity contribution in [1.29, 1.82) is 0 Å². The van der Waals surface area contributed by atoms with Gasteiger partial charge < -0.3 is 10.4 Å². The maximum Gasteiger partial charge on any atom is 0.226 e. The first kappa shape index (κ1) is 17.0. The second-order valence-corrected chi connectivity index (χ2v) is 8.58. The normalized spacial score (nSPS) is 35.4. The number of hydrogen-bond donors (Lipinski definition) is 2. The molecule has 0 radical (unpaired) electrons. The zero-order valence-electron chi connectivity index (χ0n) is 14.5. The summed E-state index contributed by atoms with van der Waals surface area (Å²) in [5.74, 6) is 0.105. The summed E-state index contributed by atoms with van der Waals surface area (Å²) in [6.07, 6.45) is 5.60. The molecule has 0 heterocycles. The van der Waals surface area contributed by atoms with Gasteiger partial charge in [-0.2, -0.15) is 0 Å². The van der Waals surface area contributed by atoms with Gasteiger partial charge in [0.2, 0.25) is 5.91 Å². The highest BCUT2D eigenvalue weighted by atomic mass is 19.2. The summed E-state index contributed by atoms with van der Waals surface area (Å²) in [5.41, 5.74) is -0.00578. The quantitative estimate of drug-likeness (QED) is 0.870. The second-order valence-electron chi connectivity index (χ2n) is 8.58. The minimum absolute atomic E-state index is 0.0285. The molecule has 0 aromatic heterocycles. The Hall–Kier alpha value is -1.49. The molecule has 2 N–H and O–H groups in total. The van der Waals surface area contributed by atoms with Crippen LogP contribution in [-0.2, 0) is 4.79 Å². The van der Waals surface area contributed by atoms with Gasteiger partial charge in [-0.1, -0.05) is 6.07 Å². The van der Waals surface area contributed by atoms with Crippen LogP contribution in [0.4, 0.5) is 8.78 Å². The van der Waals surface area contributed by atoms with Gasteiger partial charge in [0, 0.05) is 5.41 Å². The van der Waals surface area contributed by atoms with E-state index in [1.807, 2.05) is 0 Å². The predicted molar refractivity (Wildman–Crippen MR) is 89.5 cm³/mol. The van der Waals surface area contributed by atoms with Crippen LogP contribution < -0.4 is 5.32 Å². The average Bonchev–Trinajstić information content (AvgIpc) is 2.55. The summed E-state index contributed by atoms with van der Waals surface area (Å²) >= 11 is 0. The van der Waals surface area contributed by atoms with E-state index in [-0.39, 0.29) is 16.9 Å². The Morgan fingerprint density at radius 3 is 2.20 bits per heavy atom. The summed E-state index contributed by atoms with van der Waals surface area (Å²) < 4.78 is 26.5. The Labute approximate surface area is 146 Å². The van der Waals surface area contributed by atoms with Gasteiger partial charge in [-0.15, -0.1) is 0 Å². The highest BCUT2D eigenvalue weighted by molar-refractivity contribution is 5.83. The fourth-order valence-electron chi connectivity index (χ4n) is 5.81. The molecule has 0 spiro atoms. The lowest BCUT2D eigenvalue weighted by Gasteiger charge is -2.55. The molecular formula is C20H25F2NO2. The van der Waals surface area contributed by atoms with Gasteiger partial charge >= 0.3 is 0 Å². The summed E-state index contributed by atoms with van der Waals surface area (Å²) in [4.78, 5) is 13.0. The van der Waals surface area contributed by atoms with Crippen molar-refractivity contribution in [1.82, 2.24) is 5.32 Å². The zero-order chi connectivity index (χ0) is 17.8. The molecule has 25 heavy (non-hydrogen) atoms. The van der Waals surface area contributed by atoms with Crippen molar-refractivity contribution in [2.45, 2.75) is 57.6 Å². The second kappa shape index (κ2) is 6.04. The van der Waals surface area contributed by atoms with Crippen LogP contribution in [0.5, 0.6) is 0 Å². The molecule has 0 saturated heterocycles. The van der Waals surface area contributed by atoms with Gasteiger partial charge in [-0.05, 0) is 80.9 Å². The highest BCUT2D eigenvalue weighted by Crippen LogP contribution is 2.60. The molecule has 1 aromatic carbocycles. The molecule has 4 aliphatic rings. The molecule has 4 bridgehead atoms. The van der Waals surface area contributed by atoms with E-state index in [1.165, 1.54) is 25.3 Å². The first-order valence-electron chi connectivity index (χ1n) is 9.30. The molecule has 4 saturated carbocycles. The molecule has 136 valence electrons. The van der Waals surface area contributed by atoms with Gasteiger partial charge in [0.25, 0.3) is 0 Å². The first-order valence-corrected chi connectivity index (χ1v) is 9.30. The number of benzene rings is 1. The number of amides is 1. The van der Waals surface area contributed by atoms with E-state index in [9.17, 15) is 18.7 Å². The standard InChI is InChI=1S/C20H25F2NO2/c1-11(18(24)15-2-3-16(21)17(22)7-15)23-19(25)20-8-12-4-13(9-20)6-14(5-12)10-20/h2-3,7,11-14,18,24H,4-6,8-10H2,1H3,(H,23,25). The molecule has 5 rings (SSSR count). The van der Waals surface area contributed by atoms with Crippen LogP contribution >= 0.6 is 0 Å². The molecule has 1 aromatic rings. The number of nitrogens with one attached hydrogen (secondary N) is 1. The maximum absolute atomic E-state index is 13.4. The van der Waals surface area contributed by atoms with E-state index in [2.05, 4.69) is 5.32 Å². The maximum atomic E-state index is 13.4. The van der Waals surface area contributed by atoms with Crippen LogP contribution in [-0.4, -0.2) is 17.1 Å². The van der Waals surface area contributed by atoms with Crippen molar-refractivity contribution in [2.75, 3.05) is 0 Å². The monoisotopic (exact) mass is 349 g/mol. The molecule has 0 aliphatic heterocycles. The minimum Gasteiger partial charge on any atom is -0.386 e. The van der Waals surface area contributed by atoms with Gasteiger partial charge in [0.05, 0.1) is 12.1 Å². The summed E-state index contributed by atoms with van der Waals surface area (Å²) in [6, 6.07) is 2.80. The van der Waals surface area contributed by atoms with E-state index < -0.39 is 23.8 Å². The number of carbonyl (C=O) groups excluding carboxylic acids is 1. The fraction of sp³-hybridized carbons (Fsp3) is 0.650. The summed E-state index contributed by atoms with van der Waals surface area (Å²) in [5, 5.41) is 13.4. The van der Waals surface area contributed by atoms with E-state index in [4.69, 9.17) is 0 Å². The molecule has 4 fully saturated rings. The highest BCUT2D eigenvalue weighted by Gasteiger charge is 2.54. The van der Waals surface area contributed by atoms with Crippen LogP contribution in [0.15, 0.2) is 18.2 Å². The van der Waals surface area contributed by atoms with Crippen LogP contribution in [0.2, 0.25) is 0 Å². The smallest absolute Gasteiger partial charge is 0.226 e. The van der Waals surface area contributed by atoms with Crippen molar-refractivity contribution in [3.8, 4) is 0 Å². The number of aliphatic hydroxyl groups excluding tert-OH is 1. The lowest BCUT2D eigenvalue weighted by Crippen LogP contribution is -2.55. The Balaban J connectivity index is 1.46. The third kappa shape index (κ3) is 2.97. The Morgan fingerprint density at radius 2 is 1.68 bits per heavy atom. The number of rotatable bonds is 4. The van der Waals surface area contributed by atoms with Gasteiger partial charge in [0.1, 0.15) is 0 Å². The zero-order valence-corrected chi connectivity index (χ0v) is 14.5. The van der Waals surface area contributed by atoms with Crippen molar-refractivity contribution in [2.24, 2.45) is 23.2 Å². The summed E-state index contributed by atoms with van der Waals surface area (Å²) in [7, 11) is 0. The molecule has 3 nitrogen and oxygen atoms in total. The molecule has 2 unspecified atom stereocenters. The average molecular weight is 349 g/mol. The largest absolute Gasteiger partial charge is 0.386 e. The fourth-order valence-corrected chi connectivity index (χ4v) is 5.81. The third-order valence-electron chi connectivity index (χ3n) is 6.64. The predicted octanol–water partition coefficient (Wildman–Crippen LogP) is 3.72. The minimum atomic E-state index is -1.06. The van der Waals surface area contributed by atoms with Crippen molar-refractivity contribution in [3.63, 3.8) is 0 Å². The molecular weight excluding hydrogens is 324 g/mol. The lowest BCUT2D eigenvalue weighted by molar-refractivity contribution is -0.147. The van der Waals surface area contributed by atoms with Crippen molar-refractivity contribution < 1.29 is 18.7 Å². The SMILES string of the molecule is CC(NC(=O)C12CC3CC(CC(C3)C1)C2)C(O)c1ccc(F)c(F)c1. The van der Waals surface area contributed by atoms with Crippen LogP contribution in [0.1, 0.15) is 57.1 Å². The molecule has 5 heteroatoms. The van der Waals surface area contributed by atoms with E-state index in [0.717, 1.165) is 31.4 Å². The van der Waals surface area contributed by atoms with Crippen LogP contribution in [0.3, 0.4) is 0 Å². The number of aliphatic hydroxyl groups is 1.